The number of pyridine rings is 1. The lowest BCUT2D eigenvalue weighted by Gasteiger charge is -2.06. The highest BCUT2D eigenvalue weighted by atomic mass is 15.3. The molecule has 16 heavy (non-hydrogen) atoms. The molecule has 0 aliphatic heterocycles. The van der Waals surface area contributed by atoms with Crippen LogP contribution in [-0.2, 0) is 0 Å². The number of nitrogens with zero attached hydrogens (tertiary/aromatic N) is 3. The first kappa shape index (κ1) is 10.5. The Morgan fingerprint density at radius 2 is 2.44 bits per heavy atom. The Morgan fingerprint density at radius 3 is 3.06 bits per heavy atom. The standard InChI is InChI=1S/C12H14N4/c1-4-10(5-2)13-12-14-11-9(3)7-6-8-16(11)15-12/h1,6-8,10H,5H2,2-3H3,(H,13,15). The van der Waals surface area contributed by atoms with Crippen LogP contribution in [0.3, 0.4) is 0 Å². The van der Waals surface area contributed by atoms with Gasteiger partial charge in [0.25, 0.3) is 0 Å². The Morgan fingerprint density at radius 1 is 1.62 bits per heavy atom. The van der Waals surface area contributed by atoms with Crippen LogP contribution < -0.4 is 5.32 Å². The van der Waals surface area contributed by atoms with Crippen molar-refractivity contribution in [1.29, 1.82) is 0 Å². The van der Waals surface area contributed by atoms with Crippen LogP contribution in [0.4, 0.5) is 5.95 Å². The lowest BCUT2D eigenvalue weighted by Crippen LogP contribution is -2.16. The first-order valence-corrected chi connectivity index (χ1v) is 5.29. The molecule has 0 radical (unpaired) electrons. The van der Waals surface area contributed by atoms with E-state index in [4.69, 9.17) is 6.42 Å². The molecule has 0 aliphatic carbocycles. The maximum Gasteiger partial charge on any atom is 0.244 e. The van der Waals surface area contributed by atoms with E-state index < -0.39 is 0 Å². The van der Waals surface area contributed by atoms with Crippen LogP contribution in [0.1, 0.15) is 18.9 Å². The van der Waals surface area contributed by atoms with Crippen LogP contribution in [-0.4, -0.2) is 20.6 Å². The minimum Gasteiger partial charge on any atom is -0.339 e. The number of hydrogen-bond acceptors (Lipinski definition) is 3. The molecule has 0 saturated carbocycles. The van der Waals surface area contributed by atoms with Crippen LogP contribution in [0.25, 0.3) is 5.65 Å². The lowest BCUT2D eigenvalue weighted by atomic mass is 10.2. The van der Waals surface area contributed by atoms with Gasteiger partial charge in [0, 0.05) is 6.20 Å². The topological polar surface area (TPSA) is 42.2 Å². The second-order valence-electron chi connectivity index (χ2n) is 3.67. The van der Waals surface area contributed by atoms with Crippen molar-refractivity contribution < 1.29 is 0 Å². The van der Waals surface area contributed by atoms with Crippen LogP contribution in [0.2, 0.25) is 0 Å². The van der Waals surface area contributed by atoms with Gasteiger partial charge in [-0.3, -0.25) is 0 Å². The van der Waals surface area contributed by atoms with Crippen LogP contribution >= 0.6 is 0 Å². The summed E-state index contributed by atoms with van der Waals surface area (Å²) in [5.41, 5.74) is 1.95. The van der Waals surface area contributed by atoms with E-state index in [0.717, 1.165) is 17.6 Å². The van der Waals surface area contributed by atoms with Crippen molar-refractivity contribution in [3.63, 3.8) is 0 Å². The van der Waals surface area contributed by atoms with Gasteiger partial charge in [-0.15, -0.1) is 11.5 Å². The zero-order valence-electron chi connectivity index (χ0n) is 9.44. The van der Waals surface area contributed by atoms with E-state index in [9.17, 15) is 0 Å². The van der Waals surface area contributed by atoms with E-state index in [-0.39, 0.29) is 6.04 Å². The number of aromatic nitrogens is 3. The van der Waals surface area contributed by atoms with Crippen molar-refractivity contribution in [2.45, 2.75) is 26.3 Å². The van der Waals surface area contributed by atoms with Gasteiger partial charge >= 0.3 is 0 Å². The van der Waals surface area contributed by atoms with Crippen molar-refractivity contribution in [3.05, 3.63) is 23.9 Å². The summed E-state index contributed by atoms with van der Waals surface area (Å²) in [5.74, 6) is 3.24. The lowest BCUT2D eigenvalue weighted by molar-refractivity contribution is 0.836. The highest BCUT2D eigenvalue weighted by molar-refractivity contribution is 5.50. The molecule has 0 aliphatic rings. The van der Waals surface area contributed by atoms with Crippen LogP contribution in [0.15, 0.2) is 18.3 Å². The fraction of sp³-hybridized carbons (Fsp3) is 0.333. The van der Waals surface area contributed by atoms with Gasteiger partial charge in [0.15, 0.2) is 5.65 Å². The van der Waals surface area contributed by atoms with Crippen molar-refractivity contribution in [1.82, 2.24) is 14.6 Å². The van der Waals surface area contributed by atoms with E-state index in [0.29, 0.717) is 5.95 Å². The minimum atomic E-state index is -0.0160. The molecule has 1 atom stereocenters. The van der Waals surface area contributed by atoms with Gasteiger partial charge in [0.2, 0.25) is 5.95 Å². The molecule has 2 aromatic rings. The van der Waals surface area contributed by atoms with E-state index >= 15 is 0 Å². The monoisotopic (exact) mass is 214 g/mol. The van der Waals surface area contributed by atoms with E-state index in [1.807, 2.05) is 32.2 Å². The fourth-order valence-corrected chi connectivity index (χ4v) is 1.52. The molecule has 1 N–H and O–H groups in total. The molecule has 0 bridgehead atoms. The summed E-state index contributed by atoms with van der Waals surface area (Å²) < 4.78 is 1.75. The quantitative estimate of drug-likeness (QED) is 0.793. The molecule has 2 heterocycles. The van der Waals surface area contributed by atoms with Gasteiger partial charge in [0.1, 0.15) is 0 Å². The van der Waals surface area contributed by atoms with Crippen molar-refractivity contribution in [3.8, 4) is 12.3 Å². The number of hydrogen-bond donors (Lipinski definition) is 1. The smallest absolute Gasteiger partial charge is 0.244 e. The maximum atomic E-state index is 5.38. The van der Waals surface area contributed by atoms with Gasteiger partial charge in [-0.1, -0.05) is 18.9 Å². The first-order chi connectivity index (χ1) is 7.74. The molecule has 1 unspecified atom stereocenters. The van der Waals surface area contributed by atoms with Crippen molar-refractivity contribution >= 4 is 11.6 Å². The molecular weight excluding hydrogens is 200 g/mol. The maximum absolute atomic E-state index is 5.38. The molecule has 2 aromatic heterocycles. The van der Waals surface area contributed by atoms with Crippen molar-refractivity contribution in [2.75, 3.05) is 5.32 Å². The van der Waals surface area contributed by atoms with E-state index in [2.05, 4.69) is 21.3 Å². The summed E-state index contributed by atoms with van der Waals surface area (Å²) in [6.45, 7) is 4.03. The zero-order chi connectivity index (χ0) is 11.5. The Bertz CT molecular complexity index is 535. The molecular formula is C12H14N4. The molecule has 4 nitrogen and oxygen atoms in total. The summed E-state index contributed by atoms with van der Waals surface area (Å²) >= 11 is 0. The van der Waals surface area contributed by atoms with Crippen LogP contribution in [0.5, 0.6) is 0 Å². The molecule has 0 saturated heterocycles. The number of rotatable bonds is 3. The summed E-state index contributed by atoms with van der Waals surface area (Å²) in [7, 11) is 0. The van der Waals surface area contributed by atoms with Gasteiger partial charge in [-0.05, 0) is 25.0 Å². The predicted octanol–water partition coefficient (Wildman–Crippen LogP) is 1.86. The SMILES string of the molecule is C#CC(CC)Nc1nc2c(C)cccn2n1. The van der Waals surface area contributed by atoms with E-state index in [1.54, 1.807) is 4.52 Å². The number of terminal acetylenes is 1. The van der Waals surface area contributed by atoms with Gasteiger partial charge in [0.05, 0.1) is 6.04 Å². The molecule has 0 spiro atoms. The first-order valence-electron chi connectivity index (χ1n) is 5.29. The number of anilines is 1. The highest BCUT2D eigenvalue weighted by Gasteiger charge is 2.08. The Kier molecular flexibility index (Phi) is 2.78. The van der Waals surface area contributed by atoms with Crippen LogP contribution in [0, 0.1) is 19.3 Å². The fourth-order valence-electron chi connectivity index (χ4n) is 1.52. The summed E-state index contributed by atoms with van der Waals surface area (Å²) in [5, 5.41) is 7.42. The Labute approximate surface area is 94.7 Å². The summed E-state index contributed by atoms with van der Waals surface area (Å²) in [4.78, 5) is 4.39. The molecule has 0 fully saturated rings. The summed E-state index contributed by atoms with van der Waals surface area (Å²) in [6.07, 6.45) is 8.10. The molecule has 82 valence electrons. The second kappa shape index (κ2) is 4.23. The molecule has 0 amide bonds. The third kappa shape index (κ3) is 1.84. The average molecular weight is 214 g/mol. The number of fused-ring (bicyclic) bond motifs is 1. The zero-order valence-corrected chi connectivity index (χ0v) is 9.44. The van der Waals surface area contributed by atoms with Gasteiger partial charge in [-0.2, -0.15) is 4.98 Å². The van der Waals surface area contributed by atoms with Gasteiger partial charge in [-0.25, -0.2) is 4.52 Å². The molecule has 2 rings (SSSR count). The Hall–Kier alpha value is -2.02. The second-order valence-corrected chi connectivity index (χ2v) is 3.67. The number of aryl methyl sites for hydroxylation is 1. The largest absolute Gasteiger partial charge is 0.339 e. The third-order valence-corrected chi connectivity index (χ3v) is 2.47. The summed E-state index contributed by atoms with van der Waals surface area (Å²) in [6, 6.07) is 3.93. The highest BCUT2D eigenvalue weighted by Crippen LogP contribution is 2.10. The normalized spacial score (nSPS) is 12.3. The molecule has 4 heteroatoms. The Balaban J connectivity index is 2.34. The average Bonchev–Trinajstić information content (AvgIpc) is 2.70. The third-order valence-electron chi connectivity index (χ3n) is 2.47. The molecule has 0 aromatic carbocycles. The van der Waals surface area contributed by atoms with Crippen molar-refractivity contribution in [2.24, 2.45) is 0 Å². The predicted molar refractivity (Wildman–Crippen MR) is 64.3 cm³/mol. The number of nitrogens with one attached hydrogen (secondary N) is 1. The minimum absolute atomic E-state index is 0.0160. The van der Waals surface area contributed by atoms with E-state index in [1.165, 1.54) is 0 Å². The van der Waals surface area contributed by atoms with Gasteiger partial charge < -0.3 is 5.32 Å².